The Hall–Kier alpha value is -3.33. The fourth-order valence-electron chi connectivity index (χ4n) is 2.72. The third-order valence-corrected chi connectivity index (χ3v) is 5.72. The molecule has 0 saturated heterocycles. The van der Waals surface area contributed by atoms with E-state index in [0.717, 1.165) is 5.56 Å². The second kappa shape index (κ2) is 9.65. The monoisotopic (exact) mass is 443 g/mol. The smallest absolute Gasteiger partial charge is 0.265 e. The van der Waals surface area contributed by atoms with Crippen LogP contribution in [0.2, 0.25) is 0 Å². The van der Waals surface area contributed by atoms with Gasteiger partial charge in [0.1, 0.15) is 16.4 Å². The molecule has 31 heavy (non-hydrogen) atoms. The Kier molecular flexibility index (Phi) is 6.96. The number of ether oxygens (including phenoxy) is 3. The lowest BCUT2D eigenvalue weighted by Gasteiger charge is -2.13. The Morgan fingerprint density at radius 2 is 1.68 bits per heavy atom. The molecule has 0 aliphatic carbocycles. The average Bonchev–Trinajstić information content (AvgIpc) is 2.77. The fourth-order valence-corrected chi connectivity index (χ4v) is 3.93. The maximum Gasteiger partial charge on any atom is 0.265 e. The highest BCUT2D eigenvalue weighted by molar-refractivity contribution is 7.92. The Balaban J connectivity index is 1.74. The SMILES string of the molecule is COc1ccc(S(=O)(=O)Nc2ccc(-c3ccc(OCC(C)C)nn3)cc2)c(OC)c1. The van der Waals surface area contributed by atoms with Gasteiger partial charge >= 0.3 is 0 Å². The van der Waals surface area contributed by atoms with Crippen LogP contribution in [0.3, 0.4) is 0 Å². The van der Waals surface area contributed by atoms with E-state index in [-0.39, 0.29) is 10.6 Å². The minimum absolute atomic E-state index is 0.0164. The molecule has 0 saturated carbocycles. The van der Waals surface area contributed by atoms with Crippen molar-refractivity contribution in [3.05, 3.63) is 54.6 Å². The van der Waals surface area contributed by atoms with Gasteiger partial charge in [0.05, 0.1) is 26.5 Å². The van der Waals surface area contributed by atoms with Gasteiger partial charge in [-0.15, -0.1) is 10.2 Å². The Morgan fingerprint density at radius 3 is 2.26 bits per heavy atom. The number of aromatic nitrogens is 2. The first-order chi connectivity index (χ1) is 14.8. The van der Waals surface area contributed by atoms with Gasteiger partial charge in [0.2, 0.25) is 5.88 Å². The van der Waals surface area contributed by atoms with Crippen LogP contribution < -0.4 is 18.9 Å². The molecule has 0 bridgehead atoms. The van der Waals surface area contributed by atoms with E-state index in [1.165, 1.54) is 26.4 Å². The molecule has 0 fully saturated rings. The van der Waals surface area contributed by atoms with Crippen molar-refractivity contribution < 1.29 is 22.6 Å². The average molecular weight is 444 g/mol. The van der Waals surface area contributed by atoms with Gasteiger partial charge < -0.3 is 14.2 Å². The lowest BCUT2D eigenvalue weighted by molar-refractivity contribution is 0.258. The molecule has 2 aromatic carbocycles. The lowest BCUT2D eigenvalue weighted by atomic mass is 10.1. The molecule has 0 amide bonds. The number of benzene rings is 2. The number of nitrogens with zero attached hydrogens (tertiary/aromatic N) is 2. The molecule has 1 heterocycles. The first kappa shape index (κ1) is 22.4. The Bertz CT molecular complexity index is 1110. The van der Waals surface area contributed by atoms with Gasteiger partial charge in [-0.25, -0.2) is 8.42 Å². The molecule has 1 N–H and O–H groups in total. The van der Waals surface area contributed by atoms with Crippen molar-refractivity contribution in [2.45, 2.75) is 18.7 Å². The Labute approximate surface area is 182 Å². The van der Waals surface area contributed by atoms with Crippen molar-refractivity contribution in [3.63, 3.8) is 0 Å². The van der Waals surface area contributed by atoms with Crippen molar-refractivity contribution in [3.8, 4) is 28.6 Å². The van der Waals surface area contributed by atoms with Gasteiger partial charge in [-0.1, -0.05) is 26.0 Å². The summed E-state index contributed by atoms with van der Waals surface area (Å²) in [5.41, 5.74) is 1.86. The topological polar surface area (TPSA) is 99.6 Å². The van der Waals surface area contributed by atoms with Crippen molar-refractivity contribution >= 4 is 15.7 Å². The minimum atomic E-state index is -3.85. The number of sulfonamides is 1. The summed E-state index contributed by atoms with van der Waals surface area (Å²) in [6, 6.07) is 14.9. The van der Waals surface area contributed by atoms with E-state index < -0.39 is 10.0 Å². The van der Waals surface area contributed by atoms with Crippen LogP contribution in [0.5, 0.6) is 17.4 Å². The molecule has 0 aliphatic rings. The van der Waals surface area contributed by atoms with E-state index in [4.69, 9.17) is 14.2 Å². The number of methoxy groups -OCH3 is 2. The van der Waals surface area contributed by atoms with Gasteiger partial charge in [0.25, 0.3) is 10.0 Å². The van der Waals surface area contributed by atoms with E-state index in [2.05, 4.69) is 28.8 Å². The molecule has 0 radical (unpaired) electrons. The van der Waals surface area contributed by atoms with Crippen LogP contribution in [0, 0.1) is 5.92 Å². The number of nitrogens with one attached hydrogen (secondary N) is 1. The van der Waals surface area contributed by atoms with E-state index in [0.29, 0.717) is 35.5 Å². The van der Waals surface area contributed by atoms with Gasteiger partial charge in [-0.3, -0.25) is 4.72 Å². The minimum Gasteiger partial charge on any atom is -0.497 e. The molecule has 9 heteroatoms. The van der Waals surface area contributed by atoms with Crippen LogP contribution in [0.25, 0.3) is 11.3 Å². The quantitative estimate of drug-likeness (QED) is 0.534. The number of hydrogen-bond donors (Lipinski definition) is 1. The summed E-state index contributed by atoms with van der Waals surface area (Å²) in [5, 5.41) is 8.25. The molecule has 8 nitrogen and oxygen atoms in total. The largest absolute Gasteiger partial charge is 0.497 e. The van der Waals surface area contributed by atoms with Gasteiger partial charge in [-0.2, -0.15) is 0 Å². The summed E-state index contributed by atoms with van der Waals surface area (Å²) in [5.74, 6) is 1.56. The zero-order valence-corrected chi connectivity index (χ0v) is 18.6. The normalized spacial score (nSPS) is 11.3. The maximum absolute atomic E-state index is 12.8. The molecule has 164 valence electrons. The number of rotatable bonds is 9. The van der Waals surface area contributed by atoms with E-state index in [1.54, 1.807) is 36.4 Å². The van der Waals surface area contributed by atoms with Crippen molar-refractivity contribution in [2.24, 2.45) is 5.92 Å². The second-order valence-electron chi connectivity index (χ2n) is 7.16. The molecule has 0 spiro atoms. The molecule has 0 aliphatic heterocycles. The van der Waals surface area contributed by atoms with Crippen molar-refractivity contribution in [1.29, 1.82) is 0 Å². The highest BCUT2D eigenvalue weighted by Crippen LogP contribution is 2.30. The standard InChI is InChI=1S/C22H25N3O5S/c1-15(2)14-30-22-12-10-19(23-24-22)16-5-7-17(8-6-16)25-31(26,27)21-11-9-18(28-3)13-20(21)29-4/h5-13,15,25H,14H2,1-4H3. The summed E-state index contributed by atoms with van der Waals surface area (Å²) in [6.07, 6.45) is 0. The Morgan fingerprint density at radius 1 is 0.935 bits per heavy atom. The molecule has 1 aromatic heterocycles. The van der Waals surface area contributed by atoms with Crippen LogP contribution in [0.4, 0.5) is 5.69 Å². The van der Waals surface area contributed by atoms with Crippen LogP contribution in [-0.4, -0.2) is 39.4 Å². The zero-order valence-electron chi connectivity index (χ0n) is 17.8. The van der Waals surface area contributed by atoms with E-state index in [1.807, 2.05) is 6.07 Å². The molecule has 3 aromatic rings. The highest BCUT2D eigenvalue weighted by atomic mass is 32.2. The zero-order chi connectivity index (χ0) is 22.4. The van der Waals surface area contributed by atoms with Crippen LogP contribution in [-0.2, 0) is 10.0 Å². The maximum atomic E-state index is 12.8. The fraction of sp³-hybridized carbons (Fsp3) is 0.273. The summed E-state index contributed by atoms with van der Waals surface area (Å²) >= 11 is 0. The predicted molar refractivity (Wildman–Crippen MR) is 118 cm³/mol. The van der Waals surface area contributed by atoms with Crippen molar-refractivity contribution in [2.75, 3.05) is 25.5 Å². The number of anilines is 1. The second-order valence-corrected chi connectivity index (χ2v) is 8.81. The summed E-state index contributed by atoms with van der Waals surface area (Å²) in [7, 11) is -0.948. The summed E-state index contributed by atoms with van der Waals surface area (Å²) < 4.78 is 44.0. The summed E-state index contributed by atoms with van der Waals surface area (Å²) in [4.78, 5) is 0.0164. The lowest BCUT2D eigenvalue weighted by Crippen LogP contribution is -2.14. The van der Waals surface area contributed by atoms with Crippen molar-refractivity contribution in [1.82, 2.24) is 10.2 Å². The van der Waals surface area contributed by atoms with Gasteiger partial charge in [-0.05, 0) is 36.2 Å². The van der Waals surface area contributed by atoms with Gasteiger partial charge in [0.15, 0.2) is 0 Å². The molecule has 3 rings (SSSR count). The first-order valence-electron chi connectivity index (χ1n) is 9.64. The van der Waals surface area contributed by atoms with Crippen LogP contribution >= 0.6 is 0 Å². The summed E-state index contributed by atoms with van der Waals surface area (Å²) in [6.45, 7) is 4.69. The molecular weight excluding hydrogens is 418 g/mol. The third-order valence-electron chi connectivity index (χ3n) is 4.30. The first-order valence-corrected chi connectivity index (χ1v) is 11.1. The van der Waals surface area contributed by atoms with E-state index >= 15 is 0 Å². The molecular formula is C22H25N3O5S. The van der Waals surface area contributed by atoms with Crippen LogP contribution in [0.15, 0.2) is 59.5 Å². The molecule has 0 unspecified atom stereocenters. The third kappa shape index (κ3) is 5.64. The van der Waals surface area contributed by atoms with Crippen LogP contribution in [0.1, 0.15) is 13.8 Å². The highest BCUT2D eigenvalue weighted by Gasteiger charge is 2.20. The predicted octanol–water partition coefficient (Wildman–Crippen LogP) is 4.00. The van der Waals surface area contributed by atoms with E-state index in [9.17, 15) is 8.42 Å². The molecule has 0 atom stereocenters. The number of hydrogen-bond acceptors (Lipinski definition) is 7. The van der Waals surface area contributed by atoms with Gasteiger partial charge in [0, 0.05) is 23.4 Å².